The van der Waals surface area contributed by atoms with Gasteiger partial charge in [0.15, 0.2) is 17.7 Å². The number of aryl methyl sites for hydroxylation is 1. The molecule has 2 aromatic carbocycles. The molecule has 0 aromatic heterocycles. The number of benzene rings is 2. The molecular weight excluding hydrogens is 616 g/mol. The van der Waals surface area contributed by atoms with Gasteiger partial charge in [0.2, 0.25) is 0 Å². The molecule has 252 valence electrons. The average Bonchev–Trinajstić information content (AvgIpc) is 3.70. The van der Waals surface area contributed by atoms with Crippen LogP contribution in [0.3, 0.4) is 0 Å². The van der Waals surface area contributed by atoms with E-state index in [1.807, 2.05) is 49.0 Å². The van der Waals surface area contributed by atoms with Gasteiger partial charge in [0, 0.05) is 62.9 Å². The van der Waals surface area contributed by atoms with Crippen molar-refractivity contribution in [3.05, 3.63) is 81.2 Å². The minimum absolute atomic E-state index is 0.0433. The van der Waals surface area contributed by atoms with Crippen molar-refractivity contribution in [2.75, 3.05) is 6.54 Å². The number of ketones is 1. The van der Waals surface area contributed by atoms with Crippen LogP contribution in [0.15, 0.2) is 63.4 Å². The van der Waals surface area contributed by atoms with Crippen LogP contribution in [0, 0.1) is 29.8 Å². The highest BCUT2D eigenvalue weighted by Gasteiger charge is 2.36. The summed E-state index contributed by atoms with van der Waals surface area (Å²) >= 11 is 0. The van der Waals surface area contributed by atoms with E-state index >= 15 is 0 Å². The van der Waals surface area contributed by atoms with Gasteiger partial charge in [-0.2, -0.15) is 0 Å². The van der Waals surface area contributed by atoms with Gasteiger partial charge in [-0.3, -0.25) is 14.8 Å². The topological polar surface area (TPSA) is 130 Å². The van der Waals surface area contributed by atoms with Crippen LogP contribution in [0.5, 0.6) is 11.5 Å². The fraction of sp³-hybridized carbons (Fsp3) is 0.425. The van der Waals surface area contributed by atoms with Gasteiger partial charge in [-0.15, -0.1) is 0 Å². The number of aliphatic hydroxyl groups is 2. The molecule has 0 spiro atoms. The van der Waals surface area contributed by atoms with E-state index < -0.39 is 30.5 Å². The zero-order valence-corrected chi connectivity index (χ0v) is 27.8. The van der Waals surface area contributed by atoms with Crippen molar-refractivity contribution in [2.45, 2.75) is 95.7 Å². The van der Waals surface area contributed by atoms with E-state index in [1.54, 1.807) is 0 Å². The van der Waals surface area contributed by atoms with E-state index in [0.29, 0.717) is 56.6 Å². The smallest absolute Gasteiger partial charge is 0.187 e. The van der Waals surface area contributed by atoms with Gasteiger partial charge in [0.25, 0.3) is 0 Å². The monoisotopic (exact) mass is 658 g/mol. The summed E-state index contributed by atoms with van der Waals surface area (Å²) < 4.78 is 12.6. The quantitative estimate of drug-likeness (QED) is 0.256. The van der Waals surface area contributed by atoms with Crippen molar-refractivity contribution >= 4 is 18.2 Å². The lowest BCUT2D eigenvalue weighted by atomic mass is 9.85. The molecule has 9 nitrogen and oxygen atoms in total. The van der Waals surface area contributed by atoms with Crippen molar-refractivity contribution < 1.29 is 24.5 Å². The number of Topliss-reactive ketones (excluding diaryl/α,β-unsaturated/α-hetero) is 1. The van der Waals surface area contributed by atoms with Gasteiger partial charge in [-0.25, -0.2) is 0 Å². The van der Waals surface area contributed by atoms with Crippen LogP contribution in [-0.2, 0) is 24.1 Å². The third-order valence-corrected chi connectivity index (χ3v) is 9.91. The van der Waals surface area contributed by atoms with Crippen LogP contribution >= 0.6 is 0 Å². The molecule has 4 N–H and O–H groups in total. The molecule has 0 fully saturated rings. The molecule has 0 radical (unpaired) electrons. The van der Waals surface area contributed by atoms with E-state index in [-0.39, 0.29) is 12.2 Å². The second-order valence-electron chi connectivity index (χ2n) is 13.4. The number of fused-ring (bicyclic) bond motifs is 7. The van der Waals surface area contributed by atoms with Crippen LogP contribution in [0.25, 0.3) is 0 Å². The Labute approximate surface area is 287 Å². The van der Waals surface area contributed by atoms with Crippen molar-refractivity contribution in [3.8, 4) is 35.4 Å². The molecule has 5 aliphatic rings. The molecule has 2 bridgehead atoms. The average molecular weight is 659 g/mol. The van der Waals surface area contributed by atoms with E-state index in [4.69, 9.17) is 20.2 Å². The summed E-state index contributed by atoms with van der Waals surface area (Å²) in [5, 5.41) is 21.8. The number of nitrogens with zero attached hydrogens (tertiary/aromatic N) is 3. The Morgan fingerprint density at radius 3 is 2.90 bits per heavy atom. The van der Waals surface area contributed by atoms with Gasteiger partial charge in [-0.1, -0.05) is 62.1 Å². The number of aliphatic imine (C=N–C) groups is 2. The molecule has 2 aromatic rings. The standard InChI is InChI=1S/C40H42N4O5/c1-2-3-4-7-28(45)21-29(46)11-8-25-9-15-37-38(19-25)49-40-26(6-5-18-48-37)10-14-36(47)31-12-13-32-30(16-17-42-39(32)41)33(31)20-27-22-43-35-24-44(40)23-34(27)35/h9,12-13,15,17,19,22,24,26,28,36,39-40,45,47H,2-4,6-8,11,16,20-21,23,41H2,1H3/t26-,28+,36+,39-,40-/m0/s1. The summed E-state index contributed by atoms with van der Waals surface area (Å²) in [4.78, 5) is 24.0. The molecule has 5 aliphatic heterocycles. The number of allylic oxidation sites excluding steroid dienone is 1. The summed E-state index contributed by atoms with van der Waals surface area (Å²) in [7, 11) is 0. The summed E-state index contributed by atoms with van der Waals surface area (Å²) in [6.45, 7) is 2.70. The lowest BCUT2D eigenvalue weighted by Gasteiger charge is -2.32. The third kappa shape index (κ3) is 7.07. The molecule has 7 rings (SSSR count). The summed E-state index contributed by atoms with van der Waals surface area (Å²) in [6, 6.07) is 9.54. The van der Waals surface area contributed by atoms with Gasteiger partial charge in [0.05, 0.1) is 17.7 Å². The van der Waals surface area contributed by atoms with Crippen molar-refractivity contribution in [1.29, 1.82) is 0 Å². The van der Waals surface area contributed by atoms with Crippen LogP contribution in [0.1, 0.15) is 92.0 Å². The molecule has 5 atom stereocenters. The number of aliphatic hydroxyl groups excluding tert-OH is 2. The molecule has 9 heteroatoms. The number of ether oxygens (including phenoxy) is 2. The van der Waals surface area contributed by atoms with Crippen LogP contribution in [0.4, 0.5) is 0 Å². The molecule has 5 heterocycles. The van der Waals surface area contributed by atoms with Crippen LogP contribution in [0.2, 0.25) is 0 Å². The molecule has 0 amide bonds. The lowest BCUT2D eigenvalue weighted by Crippen LogP contribution is -2.41. The Balaban J connectivity index is 1.18. The first kappa shape index (κ1) is 32.9. The minimum Gasteiger partial charge on any atom is -0.465 e. The first-order valence-corrected chi connectivity index (χ1v) is 17.4. The summed E-state index contributed by atoms with van der Waals surface area (Å²) in [5.74, 6) is 10.2. The predicted molar refractivity (Wildman–Crippen MR) is 188 cm³/mol. The van der Waals surface area contributed by atoms with E-state index in [1.165, 1.54) is 0 Å². The maximum Gasteiger partial charge on any atom is 0.187 e. The largest absolute Gasteiger partial charge is 0.465 e. The first-order chi connectivity index (χ1) is 23.9. The van der Waals surface area contributed by atoms with Gasteiger partial charge in [-0.05, 0) is 58.4 Å². The fourth-order valence-electron chi connectivity index (χ4n) is 7.21. The summed E-state index contributed by atoms with van der Waals surface area (Å²) in [5.41, 5.74) is 14.2. The number of nitrogens with two attached hydrogens (primary N) is 1. The Morgan fingerprint density at radius 1 is 1.14 bits per heavy atom. The summed E-state index contributed by atoms with van der Waals surface area (Å²) in [6.07, 6.45) is 12.4. The lowest BCUT2D eigenvalue weighted by molar-refractivity contribution is -0.121. The Hall–Kier alpha value is -4.67. The Morgan fingerprint density at radius 2 is 2.02 bits per heavy atom. The molecule has 0 unspecified atom stereocenters. The number of carbonyl (C=O) groups excluding carboxylic acids is 1. The molecule has 49 heavy (non-hydrogen) atoms. The number of rotatable bonds is 9. The van der Waals surface area contributed by atoms with Crippen LogP contribution < -0.4 is 15.2 Å². The SMILES string of the molecule is CCCCC[C@@H](O)CC(=O)CCc1ccc2c(c1)O[C@H]1[C@H](C#C[C@@H](O)c3ccc4c(c3CC3=C5CN1C=C5N=C3)CC=N[C@@H]4N)CC#CO2. The van der Waals surface area contributed by atoms with E-state index in [9.17, 15) is 15.0 Å². The zero-order chi connectivity index (χ0) is 33.9. The molecular formula is C40H42N4O5. The van der Waals surface area contributed by atoms with E-state index in [2.05, 4.69) is 40.7 Å². The normalized spacial score (nSPS) is 23.5. The van der Waals surface area contributed by atoms with Gasteiger partial charge >= 0.3 is 0 Å². The molecule has 0 saturated carbocycles. The fourth-order valence-corrected chi connectivity index (χ4v) is 7.21. The van der Waals surface area contributed by atoms with Crippen molar-refractivity contribution in [3.63, 3.8) is 0 Å². The minimum atomic E-state index is -1.03. The second-order valence-corrected chi connectivity index (χ2v) is 13.4. The number of hydrogen-bond acceptors (Lipinski definition) is 9. The second kappa shape index (κ2) is 14.4. The van der Waals surface area contributed by atoms with Crippen molar-refractivity contribution in [1.82, 2.24) is 4.90 Å². The number of hydrogen-bond donors (Lipinski definition) is 3. The number of unbranched alkanes of at least 4 members (excludes halogenated alkanes) is 2. The maximum atomic E-state index is 12.7. The van der Waals surface area contributed by atoms with E-state index in [0.717, 1.165) is 63.9 Å². The highest BCUT2D eigenvalue weighted by Crippen LogP contribution is 2.39. The molecule has 0 aliphatic carbocycles. The Bertz CT molecular complexity index is 1890. The molecule has 0 saturated heterocycles. The van der Waals surface area contributed by atoms with Crippen LogP contribution in [-0.4, -0.2) is 52.2 Å². The number of carbonyl (C=O) groups is 1. The van der Waals surface area contributed by atoms with Crippen molar-refractivity contribution in [2.24, 2.45) is 21.6 Å². The Kier molecular flexibility index (Phi) is 9.68. The van der Waals surface area contributed by atoms with Gasteiger partial charge < -0.3 is 30.3 Å². The first-order valence-electron chi connectivity index (χ1n) is 17.4. The highest BCUT2D eigenvalue weighted by molar-refractivity contribution is 5.88. The van der Waals surface area contributed by atoms with Gasteiger partial charge in [0.1, 0.15) is 24.2 Å². The third-order valence-electron chi connectivity index (χ3n) is 9.91. The zero-order valence-electron chi connectivity index (χ0n) is 27.8. The predicted octanol–water partition coefficient (Wildman–Crippen LogP) is 5.00. The highest BCUT2D eigenvalue weighted by atomic mass is 16.5. The maximum absolute atomic E-state index is 12.7.